The van der Waals surface area contributed by atoms with Gasteiger partial charge in [-0.15, -0.1) is 0 Å². The van der Waals surface area contributed by atoms with Crippen LogP contribution in [0.1, 0.15) is 329 Å². The van der Waals surface area contributed by atoms with E-state index in [0.29, 0.717) is 19.3 Å². The number of carbonyl (C=O) groups excluding carboxylic acids is 3. The SMILES string of the molecule is CC/C=C\C/C=C\C/C=C\C/C=C\CCC(=O)OCC(COC(=O)CCCCCCCCCCCCCCCC/C=C\C/C=C\C/C=C\CCCCCCC)OC(=O)CCCCCCCCCCC/C=C\CCCCCCCC. The number of allylic oxidation sites excluding steroid dienone is 16. The first-order chi connectivity index (χ1) is 39.0. The smallest absolute Gasteiger partial charge is 0.306 e. The van der Waals surface area contributed by atoms with Gasteiger partial charge in [-0.3, -0.25) is 14.4 Å². The zero-order valence-electron chi connectivity index (χ0n) is 52.1. The first-order valence-electron chi connectivity index (χ1n) is 33.7. The molecule has 0 aromatic carbocycles. The number of unbranched alkanes of at least 4 members (excludes halogenated alkanes) is 34. The van der Waals surface area contributed by atoms with Crippen LogP contribution in [0.15, 0.2) is 97.2 Å². The van der Waals surface area contributed by atoms with Crippen molar-refractivity contribution < 1.29 is 28.6 Å². The van der Waals surface area contributed by atoms with Crippen molar-refractivity contribution in [3.05, 3.63) is 97.2 Å². The molecule has 0 amide bonds. The molecule has 0 aliphatic heterocycles. The van der Waals surface area contributed by atoms with Crippen molar-refractivity contribution >= 4 is 17.9 Å². The fourth-order valence-electron chi connectivity index (χ4n) is 9.52. The van der Waals surface area contributed by atoms with Gasteiger partial charge in [-0.1, -0.05) is 298 Å². The molecule has 1 unspecified atom stereocenters. The van der Waals surface area contributed by atoms with E-state index in [9.17, 15) is 14.4 Å². The number of hydrogen-bond donors (Lipinski definition) is 0. The number of carbonyl (C=O) groups is 3. The lowest BCUT2D eigenvalue weighted by Crippen LogP contribution is -2.30. The molecule has 0 radical (unpaired) electrons. The van der Waals surface area contributed by atoms with Crippen molar-refractivity contribution in [2.45, 2.75) is 335 Å². The quantitative estimate of drug-likeness (QED) is 0.0261. The molecule has 1 atom stereocenters. The van der Waals surface area contributed by atoms with Gasteiger partial charge in [0.1, 0.15) is 13.2 Å². The predicted molar refractivity (Wildman–Crippen MR) is 344 cm³/mol. The van der Waals surface area contributed by atoms with Crippen LogP contribution in [0.4, 0.5) is 0 Å². The maximum absolute atomic E-state index is 12.9. The van der Waals surface area contributed by atoms with E-state index < -0.39 is 6.10 Å². The highest BCUT2D eigenvalue weighted by molar-refractivity contribution is 5.71. The van der Waals surface area contributed by atoms with Crippen LogP contribution in [0, 0.1) is 0 Å². The van der Waals surface area contributed by atoms with E-state index in [4.69, 9.17) is 14.2 Å². The second-order valence-corrected chi connectivity index (χ2v) is 22.3. The van der Waals surface area contributed by atoms with E-state index in [0.717, 1.165) is 77.0 Å². The van der Waals surface area contributed by atoms with Crippen molar-refractivity contribution in [1.82, 2.24) is 0 Å². The minimum Gasteiger partial charge on any atom is -0.462 e. The molecule has 0 N–H and O–H groups in total. The summed E-state index contributed by atoms with van der Waals surface area (Å²) < 4.78 is 16.9. The Morgan fingerprint density at radius 1 is 0.266 bits per heavy atom. The molecule has 79 heavy (non-hydrogen) atoms. The zero-order valence-corrected chi connectivity index (χ0v) is 52.1. The minimum atomic E-state index is -0.809. The van der Waals surface area contributed by atoms with Crippen LogP contribution >= 0.6 is 0 Å². The molecule has 0 saturated carbocycles. The molecular formula is C73H126O6. The number of esters is 3. The van der Waals surface area contributed by atoms with E-state index in [-0.39, 0.29) is 37.5 Å². The average molecular weight is 1100 g/mol. The summed E-state index contributed by atoms with van der Waals surface area (Å²) >= 11 is 0. The van der Waals surface area contributed by atoms with Gasteiger partial charge in [-0.2, -0.15) is 0 Å². The molecular weight excluding hydrogens is 973 g/mol. The maximum atomic E-state index is 12.9. The molecule has 0 fully saturated rings. The van der Waals surface area contributed by atoms with Crippen molar-refractivity contribution in [3.63, 3.8) is 0 Å². The number of ether oxygens (including phenoxy) is 3. The lowest BCUT2D eigenvalue weighted by Gasteiger charge is -2.18. The highest BCUT2D eigenvalue weighted by Crippen LogP contribution is 2.17. The lowest BCUT2D eigenvalue weighted by atomic mass is 10.0. The molecule has 6 heteroatoms. The molecule has 0 saturated heterocycles. The van der Waals surface area contributed by atoms with Crippen LogP contribution < -0.4 is 0 Å². The van der Waals surface area contributed by atoms with Crippen molar-refractivity contribution in [2.75, 3.05) is 13.2 Å². The van der Waals surface area contributed by atoms with Crippen LogP contribution in [-0.2, 0) is 28.6 Å². The van der Waals surface area contributed by atoms with Crippen LogP contribution in [0.3, 0.4) is 0 Å². The largest absolute Gasteiger partial charge is 0.462 e. The molecule has 0 bridgehead atoms. The second-order valence-electron chi connectivity index (χ2n) is 22.3. The molecule has 0 aromatic heterocycles. The molecule has 0 aromatic rings. The third kappa shape index (κ3) is 65.0. The summed E-state index contributed by atoms with van der Waals surface area (Å²) in [5.74, 6) is -0.976. The molecule has 0 aliphatic carbocycles. The molecule has 0 heterocycles. The van der Waals surface area contributed by atoms with E-state index in [1.54, 1.807) is 0 Å². The Hall–Kier alpha value is -3.67. The molecule has 0 aliphatic rings. The van der Waals surface area contributed by atoms with Crippen molar-refractivity contribution in [2.24, 2.45) is 0 Å². The number of rotatable bonds is 61. The van der Waals surface area contributed by atoms with Gasteiger partial charge in [0, 0.05) is 19.3 Å². The predicted octanol–water partition coefficient (Wildman–Crippen LogP) is 23.2. The normalized spacial score (nSPS) is 12.7. The third-order valence-corrected chi connectivity index (χ3v) is 14.6. The van der Waals surface area contributed by atoms with Gasteiger partial charge in [0.15, 0.2) is 6.10 Å². The van der Waals surface area contributed by atoms with Crippen LogP contribution in [0.25, 0.3) is 0 Å². The first kappa shape index (κ1) is 75.3. The van der Waals surface area contributed by atoms with E-state index in [1.807, 2.05) is 6.08 Å². The van der Waals surface area contributed by atoms with E-state index in [2.05, 4.69) is 112 Å². The summed E-state index contributed by atoms with van der Waals surface area (Å²) in [6.45, 7) is 6.47. The third-order valence-electron chi connectivity index (χ3n) is 14.6. The van der Waals surface area contributed by atoms with E-state index in [1.165, 1.54) is 205 Å². The fraction of sp³-hybridized carbons (Fsp3) is 0.740. The minimum absolute atomic E-state index is 0.0991. The Bertz CT molecular complexity index is 1540. The Kier molecular flexibility index (Phi) is 63.7. The molecule has 454 valence electrons. The molecule has 0 rings (SSSR count). The fourth-order valence-corrected chi connectivity index (χ4v) is 9.52. The zero-order chi connectivity index (χ0) is 57.1. The highest BCUT2D eigenvalue weighted by Gasteiger charge is 2.19. The Balaban J connectivity index is 4.28. The Labute approximate surface area is 489 Å². The summed E-state index contributed by atoms with van der Waals surface area (Å²) in [5, 5.41) is 0. The van der Waals surface area contributed by atoms with E-state index >= 15 is 0 Å². The van der Waals surface area contributed by atoms with Crippen molar-refractivity contribution in [1.29, 1.82) is 0 Å². The summed E-state index contributed by atoms with van der Waals surface area (Å²) in [5.41, 5.74) is 0. The summed E-state index contributed by atoms with van der Waals surface area (Å²) in [6, 6.07) is 0. The monoisotopic (exact) mass is 1100 g/mol. The molecule has 6 nitrogen and oxygen atoms in total. The summed E-state index contributed by atoms with van der Waals surface area (Å²) in [4.78, 5) is 38.3. The first-order valence-corrected chi connectivity index (χ1v) is 33.7. The highest BCUT2D eigenvalue weighted by atomic mass is 16.6. The van der Waals surface area contributed by atoms with Gasteiger partial charge in [-0.05, 0) is 109 Å². The van der Waals surface area contributed by atoms with Gasteiger partial charge in [0.2, 0.25) is 0 Å². The van der Waals surface area contributed by atoms with Gasteiger partial charge in [-0.25, -0.2) is 0 Å². The Morgan fingerprint density at radius 2 is 0.519 bits per heavy atom. The van der Waals surface area contributed by atoms with Crippen LogP contribution in [-0.4, -0.2) is 37.2 Å². The van der Waals surface area contributed by atoms with Gasteiger partial charge in [0.05, 0.1) is 0 Å². The summed E-state index contributed by atoms with van der Waals surface area (Å²) in [7, 11) is 0. The van der Waals surface area contributed by atoms with Gasteiger partial charge < -0.3 is 14.2 Å². The average Bonchev–Trinajstić information content (AvgIpc) is 3.45. The topological polar surface area (TPSA) is 78.9 Å². The maximum Gasteiger partial charge on any atom is 0.306 e. The van der Waals surface area contributed by atoms with Crippen molar-refractivity contribution in [3.8, 4) is 0 Å². The van der Waals surface area contributed by atoms with Gasteiger partial charge in [0.25, 0.3) is 0 Å². The summed E-state index contributed by atoms with van der Waals surface area (Å²) in [6.07, 6.45) is 90.2. The lowest BCUT2D eigenvalue weighted by molar-refractivity contribution is -0.166. The Morgan fingerprint density at radius 3 is 0.861 bits per heavy atom. The van der Waals surface area contributed by atoms with Gasteiger partial charge >= 0.3 is 17.9 Å². The van der Waals surface area contributed by atoms with Crippen LogP contribution in [0.2, 0.25) is 0 Å². The van der Waals surface area contributed by atoms with Crippen LogP contribution in [0.5, 0.6) is 0 Å². The molecule has 0 spiro atoms. The standard InChI is InChI=1S/C73H126O6/c1-4-7-10-13-16-19-22-25-27-29-31-32-33-34-35-36-37-38-39-40-42-43-45-48-51-54-57-60-63-66-72(75)78-69-70(68-77-71(74)65-62-59-56-53-50-47-24-21-18-15-12-9-6-3)79-73(76)67-64-61-58-55-52-49-46-44-41-30-28-26-23-20-17-14-11-8-5-2/h9,12,18,21-22,25-26,28-29,31,33-34,47,50,56,59,70H,4-8,10-11,13-17,19-20,23-24,27,30,32,35-46,48-49,51-55,57-58,60-69H2,1-3H3/b12-9-,21-18-,25-22-,28-26-,31-29-,34-33-,50-47-,59-56-. The number of hydrogen-bond acceptors (Lipinski definition) is 6. The second kappa shape index (κ2) is 66.8.